The van der Waals surface area contributed by atoms with Crippen LogP contribution in [0.1, 0.15) is 33.6 Å². The number of hydrogen-bond donors (Lipinski definition) is 0. The van der Waals surface area contributed by atoms with Crippen LogP contribution in [0.3, 0.4) is 0 Å². The van der Waals surface area contributed by atoms with Crippen LogP contribution in [-0.4, -0.2) is 47.0 Å². The van der Waals surface area contributed by atoms with E-state index in [0.29, 0.717) is 6.04 Å². The maximum absolute atomic E-state index is 12.3. The van der Waals surface area contributed by atoms with Gasteiger partial charge in [-0.25, -0.2) is 9.97 Å². The molecular weight excluding hydrogens is 252 g/mol. The summed E-state index contributed by atoms with van der Waals surface area (Å²) < 4.78 is 0. The maximum Gasteiger partial charge on any atom is 0.227 e. The smallest absolute Gasteiger partial charge is 0.227 e. The summed E-state index contributed by atoms with van der Waals surface area (Å²) in [5.74, 6) is 1.20. The average molecular weight is 276 g/mol. The Balaban J connectivity index is 1.93. The van der Waals surface area contributed by atoms with E-state index < -0.39 is 0 Å². The van der Waals surface area contributed by atoms with Crippen molar-refractivity contribution in [1.82, 2.24) is 14.9 Å². The fraction of sp³-hybridized carbons (Fsp3) is 0.667. The van der Waals surface area contributed by atoms with E-state index in [1.165, 1.54) is 0 Å². The van der Waals surface area contributed by atoms with Gasteiger partial charge in [-0.1, -0.05) is 20.8 Å². The minimum absolute atomic E-state index is 0.220. The van der Waals surface area contributed by atoms with Crippen LogP contribution in [0.5, 0.6) is 0 Å². The predicted molar refractivity (Wildman–Crippen MR) is 79.5 cm³/mol. The Morgan fingerprint density at radius 1 is 1.35 bits per heavy atom. The molecule has 1 saturated heterocycles. The molecule has 0 bridgehead atoms. The molecular formula is C15H24N4O. The Morgan fingerprint density at radius 3 is 2.50 bits per heavy atom. The molecule has 1 amide bonds. The molecule has 110 valence electrons. The first-order chi connectivity index (χ1) is 9.39. The number of aromatic nitrogens is 2. The SMILES string of the molecule is CN(C(=O)C(C)(C)C)C1CCN(c2ccncn2)CC1. The Labute approximate surface area is 121 Å². The summed E-state index contributed by atoms with van der Waals surface area (Å²) in [6.07, 6.45) is 5.32. The third-order valence-electron chi connectivity index (χ3n) is 3.86. The Morgan fingerprint density at radius 2 is 2.00 bits per heavy atom. The summed E-state index contributed by atoms with van der Waals surface area (Å²) >= 11 is 0. The monoisotopic (exact) mass is 276 g/mol. The van der Waals surface area contributed by atoms with Gasteiger partial charge in [0.05, 0.1) is 0 Å². The van der Waals surface area contributed by atoms with E-state index >= 15 is 0 Å². The summed E-state index contributed by atoms with van der Waals surface area (Å²) in [5, 5.41) is 0. The molecule has 5 nitrogen and oxygen atoms in total. The van der Waals surface area contributed by atoms with Crippen LogP contribution >= 0.6 is 0 Å². The number of carbonyl (C=O) groups excluding carboxylic acids is 1. The van der Waals surface area contributed by atoms with Crippen molar-refractivity contribution < 1.29 is 4.79 Å². The molecule has 0 atom stereocenters. The number of piperidine rings is 1. The van der Waals surface area contributed by atoms with Crippen molar-refractivity contribution in [3.05, 3.63) is 18.6 Å². The van der Waals surface area contributed by atoms with Crippen LogP contribution < -0.4 is 4.90 Å². The molecule has 0 N–H and O–H groups in total. The second kappa shape index (κ2) is 5.77. The molecule has 0 aliphatic carbocycles. The lowest BCUT2D eigenvalue weighted by Gasteiger charge is -2.39. The minimum Gasteiger partial charge on any atom is -0.356 e. The van der Waals surface area contributed by atoms with Crippen molar-refractivity contribution in [3.8, 4) is 0 Å². The summed E-state index contributed by atoms with van der Waals surface area (Å²) in [5.41, 5.74) is -0.307. The molecule has 1 aliphatic heterocycles. The molecule has 1 aromatic heterocycles. The van der Waals surface area contributed by atoms with Crippen molar-refractivity contribution in [2.45, 2.75) is 39.7 Å². The first-order valence-corrected chi connectivity index (χ1v) is 7.18. The van der Waals surface area contributed by atoms with Crippen LogP contribution in [0.25, 0.3) is 0 Å². The van der Waals surface area contributed by atoms with Crippen LogP contribution in [0.4, 0.5) is 5.82 Å². The van der Waals surface area contributed by atoms with Crippen molar-refractivity contribution in [2.75, 3.05) is 25.0 Å². The molecule has 5 heteroatoms. The third-order valence-corrected chi connectivity index (χ3v) is 3.86. The molecule has 0 spiro atoms. The Kier molecular flexibility index (Phi) is 4.26. The number of anilines is 1. The molecule has 2 rings (SSSR count). The van der Waals surface area contributed by atoms with Gasteiger partial charge in [-0.05, 0) is 18.9 Å². The highest BCUT2D eigenvalue weighted by molar-refractivity contribution is 5.81. The molecule has 0 aromatic carbocycles. The molecule has 20 heavy (non-hydrogen) atoms. The van der Waals surface area contributed by atoms with E-state index in [1.54, 1.807) is 12.5 Å². The van der Waals surface area contributed by atoms with Gasteiger partial charge in [-0.3, -0.25) is 4.79 Å². The fourth-order valence-electron chi connectivity index (χ4n) is 2.65. The van der Waals surface area contributed by atoms with Crippen LogP contribution in [0.2, 0.25) is 0 Å². The third kappa shape index (κ3) is 3.26. The van der Waals surface area contributed by atoms with Crippen LogP contribution in [-0.2, 0) is 4.79 Å². The van der Waals surface area contributed by atoms with E-state index in [-0.39, 0.29) is 11.3 Å². The highest BCUT2D eigenvalue weighted by Crippen LogP contribution is 2.24. The molecule has 0 unspecified atom stereocenters. The van der Waals surface area contributed by atoms with Gasteiger partial charge in [0.25, 0.3) is 0 Å². The lowest BCUT2D eigenvalue weighted by molar-refractivity contribution is -0.140. The zero-order valence-electron chi connectivity index (χ0n) is 12.8. The maximum atomic E-state index is 12.3. The van der Waals surface area contributed by atoms with Gasteiger partial charge in [-0.15, -0.1) is 0 Å². The van der Waals surface area contributed by atoms with E-state index in [1.807, 2.05) is 38.8 Å². The van der Waals surface area contributed by atoms with Crippen molar-refractivity contribution in [3.63, 3.8) is 0 Å². The molecule has 1 aliphatic rings. The average Bonchev–Trinajstić information content (AvgIpc) is 2.46. The van der Waals surface area contributed by atoms with E-state index in [9.17, 15) is 4.79 Å². The largest absolute Gasteiger partial charge is 0.356 e. The van der Waals surface area contributed by atoms with Crippen LogP contribution in [0.15, 0.2) is 18.6 Å². The van der Waals surface area contributed by atoms with E-state index in [2.05, 4.69) is 14.9 Å². The summed E-state index contributed by atoms with van der Waals surface area (Å²) in [4.78, 5) is 24.7. The lowest BCUT2D eigenvalue weighted by atomic mass is 9.93. The number of nitrogens with zero attached hydrogens (tertiary/aromatic N) is 4. The molecule has 0 saturated carbocycles. The van der Waals surface area contributed by atoms with Crippen molar-refractivity contribution >= 4 is 11.7 Å². The summed E-state index contributed by atoms with van der Waals surface area (Å²) in [6, 6.07) is 2.27. The van der Waals surface area contributed by atoms with Gasteiger partial charge >= 0.3 is 0 Å². The van der Waals surface area contributed by atoms with E-state index in [0.717, 1.165) is 31.7 Å². The standard InChI is InChI=1S/C15H24N4O/c1-15(2,3)14(20)18(4)12-6-9-19(10-7-12)13-5-8-16-11-17-13/h5,8,11-12H,6-7,9-10H2,1-4H3. The minimum atomic E-state index is -0.307. The van der Waals surface area contributed by atoms with Gasteiger partial charge in [0.1, 0.15) is 12.1 Å². The van der Waals surface area contributed by atoms with Crippen molar-refractivity contribution in [1.29, 1.82) is 0 Å². The highest BCUT2D eigenvalue weighted by Gasteiger charge is 2.31. The zero-order chi connectivity index (χ0) is 14.8. The lowest BCUT2D eigenvalue weighted by Crippen LogP contribution is -2.48. The molecule has 1 fully saturated rings. The predicted octanol–water partition coefficient (Wildman–Crippen LogP) is 1.95. The Hall–Kier alpha value is -1.65. The summed E-state index contributed by atoms with van der Waals surface area (Å²) in [7, 11) is 1.93. The van der Waals surface area contributed by atoms with Gasteiger partial charge in [0.2, 0.25) is 5.91 Å². The molecule has 2 heterocycles. The van der Waals surface area contributed by atoms with Gasteiger partial charge in [-0.2, -0.15) is 0 Å². The number of hydrogen-bond acceptors (Lipinski definition) is 4. The van der Waals surface area contributed by atoms with Crippen molar-refractivity contribution in [2.24, 2.45) is 5.41 Å². The van der Waals surface area contributed by atoms with Gasteiger partial charge < -0.3 is 9.80 Å². The summed E-state index contributed by atoms with van der Waals surface area (Å²) in [6.45, 7) is 7.79. The zero-order valence-corrected chi connectivity index (χ0v) is 12.8. The quantitative estimate of drug-likeness (QED) is 0.828. The first-order valence-electron chi connectivity index (χ1n) is 7.18. The fourth-order valence-corrected chi connectivity index (χ4v) is 2.65. The number of amides is 1. The first kappa shape index (κ1) is 14.8. The van der Waals surface area contributed by atoms with Crippen LogP contribution in [0, 0.1) is 5.41 Å². The normalized spacial score (nSPS) is 17.1. The number of carbonyl (C=O) groups is 1. The topological polar surface area (TPSA) is 49.3 Å². The Bertz CT molecular complexity index is 447. The molecule has 1 aromatic rings. The highest BCUT2D eigenvalue weighted by atomic mass is 16.2. The second-order valence-electron chi connectivity index (χ2n) is 6.45. The van der Waals surface area contributed by atoms with Gasteiger partial charge in [0, 0.05) is 37.8 Å². The second-order valence-corrected chi connectivity index (χ2v) is 6.45. The molecule has 0 radical (unpaired) electrons. The van der Waals surface area contributed by atoms with Gasteiger partial charge in [0.15, 0.2) is 0 Å². The van der Waals surface area contributed by atoms with E-state index in [4.69, 9.17) is 0 Å². The number of rotatable bonds is 2.